The average molecular weight is 192 g/mol. The summed E-state index contributed by atoms with van der Waals surface area (Å²) < 4.78 is 5.32. The molecule has 0 saturated heterocycles. The van der Waals surface area contributed by atoms with Gasteiger partial charge in [-0.25, -0.2) is 0 Å². The Kier molecular flexibility index (Phi) is 2.46. The maximum Gasteiger partial charge on any atom is 0.122 e. The fourth-order valence-corrected chi connectivity index (χ4v) is 2.25. The van der Waals surface area contributed by atoms with Gasteiger partial charge in [-0.05, 0) is 24.5 Å². The van der Waals surface area contributed by atoms with Gasteiger partial charge in [-0.1, -0.05) is 19.1 Å². The number of benzene rings is 1. The lowest BCUT2D eigenvalue weighted by molar-refractivity contribution is 0.131. The molecule has 76 valence electrons. The molecule has 2 unspecified atom stereocenters. The molecule has 2 heteroatoms. The fourth-order valence-electron chi connectivity index (χ4n) is 2.25. The molecule has 0 amide bonds. The molecular formula is C12H16O2. The summed E-state index contributed by atoms with van der Waals surface area (Å²) in [7, 11) is 1.68. The summed E-state index contributed by atoms with van der Waals surface area (Å²) in [6.45, 7) is 2.06. The third-order valence-electron chi connectivity index (χ3n) is 3.12. The highest BCUT2D eigenvalue weighted by Crippen LogP contribution is 2.37. The normalized spacial score (nSPS) is 25.6. The van der Waals surface area contributed by atoms with E-state index < -0.39 is 0 Å². The monoisotopic (exact) mass is 192 g/mol. The minimum atomic E-state index is -0.223. The first-order chi connectivity index (χ1) is 6.74. The molecule has 0 fully saturated rings. The fraction of sp³-hybridized carbons (Fsp3) is 0.500. The number of methoxy groups -OCH3 is 1. The van der Waals surface area contributed by atoms with E-state index in [9.17, 15) is 5.11 Å². The Morgan fingerprint density at radius 3 is 2.93 bits per heavy atom. The predicted molar refractivity (Wildman–Crippen MR) is 55.7 cm³/mol. The lowest BCUT2D eigenvalue weighted by atomic mass is 9.81. The second kappa shape index (κ2) is 3.62. The molecule has 2 rings (SSSR count). The van der Waals surface area contributed by atoms with E-state index in [-0.39, 0.29) is 12.0 Å². The molecule has 0 aromatic heterocycles. The Balaban J connectivity index is 2.49. The summed E-state index contributed by atoms with van der Waals surface area (Å²) >= 11 is 0. The molecular weight excluding hydrogens is 176 g/mol. The zero-order valence-corrected chi connectivity index (χ0v) is 8.66. The zero-order valence-electron chi connectivity index (χ0n) is 8.66. The molecule has 0 spiro atoms. The molecule has 1 N–H and O–H groups in total. The molecule has 1 aliphatic rings. The number of hydrogen-bond donors (Lipinski definition) is 1. The Labute approximate surface area is 84.5 Å². The van der Waals surface area contributed by atoms with Crippen molar-refractivity contribution in [2.75, 3.05) is 7.11 Å². The van der Waals surface area contributed by atoms with Crippen LogP contribution in [0.1, 0.15) is 30.4 Å². The van der Waals surface area contributed by atoms with Crippen LogP contribution in [0.4, 0.5) is 0 Å². The molecule has 1 aliphatic carbocycles. The van der Waals surface area contributed by atoms with Crippen LogP contribution >= 0.6 is 0 Å². The molecule has 2 nitrogen and oxygen atoms in total. The predicted octanol–water partition coefficient (Wildman–Crippen LogP) is 2.11. The van der Waals surface area contributed by atoms with Gasteiger partial charge in [0.05, 0.1) is 13.2 Å². The molecule has 0 radical (unpaired) electrons. The van der Waals surface area contributed by atoms with Crippen LogP contribution in [-0.2, 0) is 6.42 Å². The summed E-state index contributed by atoms with van der Waals surface area (Å²) in [4.78, 5) is 0. The number of aliphatic hydroxyl groups excluding tert-OH is 1. The van der Waals surface area contributed by atoms with Crippen molar-refractivity contribution in [1.29, 1.82) is 0 Å². The number of fused-ring (bicyclic) bond motifs is 1. The van der Waals surface area contributed by atoms with Crippen molar-refractivity contribution in [3.8, 4) is 5.75 Å². The van der Waals surface area contributed by atoms with E-state index in [1.165, 1.54) is 11.1 Å². The first kappa shape index (κ1) is 9.53. The first-order valence-electron chi connectivity index (χ1n) is 5.08. The number of ether oxygens (including phenoxy) is 1. The lowest BCUT2D eigenvalue weighted by Gasteiger charge is -2.28. The van der Waals surface area contributed by atoms with Crippen molar-refractivity contribution in [2.45, 2.75) is 31.8 Å². The van der Waals surface area contributed by atoms with E-state index >= 15 is 0 Å². The summed E-state index contributed by atoms with van der Waals surface area (Å²) in [5.41, 5.74) is 2.51. The first-order valence-corrected chi connectivity index (χ1v) is 5.08. The Morgan fingerprint density at radius 2 is 2.21 bits per heavy atom. The lowest BCUT2D eigenvalue weighted by Crippen LogP contribution is -2.23. The molecule has 0 aliphatic heterocycles. The molecule has 1 aromatic rings. The molecule has 1 aromatic carbocycles. The minimum absolute atomic E-state index is 0.190. The van der Waals surface area contributed by atoms with Gasteiger partial charge in [0.2, 0.25) is 0 Å². The van der Waals surface area contributed by atoms with Gasteiger partial charge >= 0.3 is 0 Å². The van der Waals surface area contributed by atoms with Crippen LogP contribution < -0.4 is 4.74 Å². The van der Waals surface area contributed by atoms with Crippen molar-refractivity contribution < 1.29 is 9.84 Å². The second-order valence-corrected chi connectivity index (χ2v) is 3.93. The topological polar surface area (TPSA) is 29.5 Å². The van der Waals surface area contributed by atoms with E-state index in [0.717, 1.165) is 18.6 Å². The quantitative estimate of drug-likeness (QED) is 0.738. The third kappa shape index (κ3) is 1.40. The van der Waals surface area contributed by atoms with Crippen molar-refractivity contribution in [3.05, 3.63) is 29.3 Å². The Hall–Kier alpha value is -1.02. The SMILES string of the molecule is COc1cccc2c1C(C)C(O)CC2. The van der Waals surface area contributed by atoms with Gasteiger partial charge in [0.25, 0.3) is 0 Å². The van der Waals surface area contributed by atoms with Crippen LogP contribution in [0.15, 0.2) is 18.2 Å². The van der Waals surface area contributed by atoms with Crippen molar-refractivity contribution in [3.63, 3.8) is 0 Å². The van der Waals surface area contributed by atoms with E-state index in [1.807, 2.05) is 12.1 Å². The Morgan fingerprint density at radius 1 is 1.43 bits per heavy atom. The number of hydrogen-bond acceptors (Lipinski definition) is 2. The van der Waals surface area contributed by atoms with Crippen LogP contribution in [0.2, 0.25) is 0 Å². The van der Waals surface area contributed by atoms with Crippen LogP contribution in [0, 0.1) is 0 Å². The molecule has 0 saturated carbocycles. The number of aliphatic hydroxyl groups is 1. The van der Waals surface area contributed by atoms with E-state index in [0.29, 0.717) is 0 Å². The molecule has 2 atom stereocenters. The van der Waals surface area contributed by atoms with Crippen molar-refractivity contribution in [1.82, 2.24) is 0 Å². The van der Waals surface area contributed by atoms with Crippen molar-refractivity contribution >= 4 is 0 Å². The minimum Gasteiger partial charge on any atom is -0.496 e. The summed E-state index contributed by atoms with van der Waals surface area (Å²) in [5.74, 6) is 1.10. The van der Waals surface area contributed by atoms with Crippen LogP contribution in [0.25, 0.3) is 0 Å². The van der Waals surface area contributed by atoms with Crippen molar-refractivity contribution in [2.24, 2.45) is 0 Å². The smallest absolute Gasteiger partial charge is 0.122 e. The van der Waals surface area contributed by atoms with Gasteiger partial charge in [-0.3, -0.25) is 0 Å². The maximum absolute atomic E-state index is 9.79. The van der Waals surface area contributed by atoms with E-state index in [2.05, 4.69) is 13.0 Å². The zero-order chi connectivity index (χ0) is 10.1. The standard InChI is InChI=1S/C12H16O2/c1-8-10(13)7-6-9-4-3-5-11(14-2)12(8)9/h3-5,8,10,13H,6-7H2,1-2H3. The van der Waals surface area contributed by atoms with Gasteiger partial charge in [0.15, 0.2) is 0 Å². The molecule has 0 heterocycles. The Bertz CT molecular complexity index is 319. The average Bonchev–Trinajstić information content (AvgIpc) is 2.23. The van der Waals surface area contributed by atoms with Gasteiger partial charge in [-0.15, -0.1) is 0 Å². The largest absolute Gasteiger partial charge is 0.496 e. The molecule has 0 bridgehead atoms. The van der Waals surface area contributed by atoms with E-state index in [4.69, 9.17) is 4.74 Å². The highest BCUT2D eigenvalue weighted by molar-refractivity contribution is 5.44. The summed E-state index contributed by atoms with van der Waals surface area (Å²) in [5, 5.41) is 9.79. The highest BCUT2D eigenvalue weighted by atomic mass is 16.5. The number of rotatable bonds is 1. The van der Waals surface area contributed by atoms with Crippen LogP contribution in [-0.4, -0.2) is 18.3 Å². The van der Waals surface area contributed by atoms with E-state index in [1.54, 1.807) is 7.11 Å². The van der Waals surface area contributed by atoms with Crippen LogP contribution in [0.5, 0.6) is 5.75 Å². The summed E-state index contributed by atoms with van der Waals surface area (Å²) in [6, 6.07) is 6.11. The van der Waals surface area contributed by atoms with Crippen LogP contribution in [0.3, 0.4) is 0 Å². The second-order valence-electron chi connectivity index (χ2n) is 3.93. The third-order valence-corrected chi connectivity index (χ3v) is 3.12. The van der Waals surface area contributed by atoms with Gasteiger partial charge < -0.3 is 9.84 Å². The number of aryl methyl sites for hydroxylation is 1. The van der Waals surface area contributed by atoms with Gasteiger partial charge in [0.1, 0.15) is 5.75 Å². The molecule has 14 heavy (non-hydrogen) atoms. The summed E-state index contributed by atoms with van der Waals surface area (Å²) in [6.07, 6.45) is 1.60. The highest BCUT2D eigenvalue weighted by Gasteiger charge is 2.26. The maximum atomic E-state index is 9.79. The van der Waals surface area contributed by atoms with Gasteiger partial charge in [0, 0.05) is 11.5 Å². The van der Waals surface area contributed by atoms with Gasteiger partial charge in [-0.2, -0.15) is 0 Å².